The summed E-state index contributed by atoms with van der Waals surface area (Å²) < 4.78 is 51.4. The zero-order valence-electron chi connectivity index (χ0n) is 54.0. The van der Waals surface area contributed by atoms with Crippen LogP contribution in [0.4, 0.5) is 0 Å². The van der Waals surface area contributed by atoms with Crippen molar-refractivity contribution in [1.82, 2.24) is 0 Å². The van der Waals surface area contributed by atoms with Gasteiger partial charge in [-0.05, 0) is 96.3 Å². The molecule has 9 nitrogen and oxygen atoms in total. The minimum Gasteiger partial charge on any atom is -0.775 e. The van der Waals surface area contributed by atoms with Gasteiger partial charge in [0.25, 0.3) is 0 Å². The normalized spacial score (nSPS) is 13.6. The molecule has 3 rings (SSSR count). The van der Waals surface area contributed by atoms with E-state index in [1.54, 1.807) is 91.0 Å². The molecule has 3 unspecified atom stereocenters. The Morgan fingerprint density at radius 3 is 0.624 bits per heavy atom. The van der Waals surface area contributed by atoms with Crippen LogP contribution >= 0.6 is 22.8 Å². The van der Waals surface area contributed by atoms with Gasteiger partial charge in [-0.15, -0.1) is 0 Å². The van der Waals surface area contributed by atoms with Gasteiger partial charge in [-0.1, -0.05) is 322 Å². The molecule has 85 heavy (non-hydrogen) atoms. The van der Waals surface area contributed by atoms with Crippen LogP contribution in [0.15, 0.2) is 127 Å². The number of rotatable bonds is 54. The summed E-state index contributed by atoms with van der Waals surface area (Å²) in [6.07, 6.45) is 66.2. The van der Waals surface area contributed by atoms with E-state index in [0.29, 0.717) is 0 Å². The quantitative estimate of drug-likeness (QED) is 0.0306. The van der Waals surface area contributed by atoms with E-state index in [2.05, 4.69) is 57.2 Å². The summed E-state index contributed by atoms with van der Waals surface area (Å²) in [6, 6.07) is 25.2. The Labute approximate surface area is 554 Å². The summed E-state index contributed by atoms with van der Waals surface area (Å²) in [4.78, 5) is 36.0. The first-order chi connectivity index (χ1) is 41.0. The number of unbranched alkanes of at least 4 members (excludes halogenated alkanes) is 36. The maximum Gasteiger partial charge on any atom is 3.00 e. The van der Waals surface area contributed by atoms with Gasteiger partial charge in [0.05, 0.1) is 19.8 Å². The van der Waals surface area contributed by atoms with Crippen LogP contribution in [0.25, 0.3) is 0 Å². The molecular formula is C72H120NdO9P3. The second-order valence-corrected chi connectivity index (χ2v) is 28.1. The summed E-state index contributed by atoms with van der Waals surface area (Å²) in [5, 5.41) is 0.790. The third-order valence-electron chi connectivity index (χ3n) is 15.0. The van der Waals surface area contributed by atoms with E-state index in [0.717, 1.165) is 57.8 Å². The molecule has 0 aliphatic rings. The number of hydrogen-bond donors (Lipinski definition) is 0. The fraction of sp³-hybridized carbons (Fsp3) is 0.667. The van der Waals surface area contributed by atoms with Gasteiger partial charge in [-0.2, -0.15) is 0 Å². The van der Waals surface area contributed by atoms with Crippen LogP contribution in [0.3, 0.4) is 0 Å². The molecule has 3 aromatic carbocycles. The Bertz CT molecular complexity index is 1870. The van der Waals surface area contributed by atoms with Crippen LogP contribution in [0.1, 0.15) is 290 Å². The average Bonchev–Trinajstić information content (AvgIpc) is 3.67. The molecule has 0 amide bonds. The largest absolute Gasteiger partial charge is 3.00 e. The van der Waals surface area contributed by atoms with E-state index >= 15 is 0 Å². The molecule has 3 atom stereocenters. The molecule has 0 aromatic heterocycles. The first kappa shape index (κ1) is 83.7. The first-order valence-corrected chi connectivity index (χ1v) is 38.6. The Morgan fingerprint density at radius 1 is 0.271 bits per heavy atom. The third kappa shape index (κ3) is 53.1. The maximum atomic E-state index is 12.0. The van der Waals surface area contributed by atoms with Crippen molar-refractivity contribution in [3.05, 3.63) is 127 Å². The number of benzene rings is 3. The van der Waals surface area contributed by atoms with Crippen molar-refractivity contribution in [3.63, 3.8) is 0 Å². The molecule has 13 heteroatoms. The van der Waals surface area contributed by atoms with Gasteiger partial charge in [0.15, 0.2) is 22.8 Å². The van der Waals surface area contributed by atoms with Crippen LogP contribution in [0.2, 0.25) is 0 Å². The van der Waals surface area contributed by atoms with Crippen LogP contribution in [-0.4, -0.2) is 19.8 Å². The maximum absolute atomic E-state index is 12.0. The van der Waals surface area contributed by atoms with E-state index in [4.69, 9.17) is 13.6 Å². The minimum absolute atomic E-state index is 0. The van der Waals surface area contributed by atoms with Crippen molar-refractivity contribution in [2.75, 3.05) is 19.8 Å². The molecule has 1 radical (unpaired) electrons. The smallest absolute Gasteiger partial charge is 0.775 e. The zero-order valence-corrected chi connectivity index (χ0v) is 59.9. The molecule has 3 aromatic rings. The topological polar surface area (TPSA) is 148 Å². The standard InChI is InChI=1S/3C24H41O3P.Nd/c3*1-2-3-4-5-6-7-8-9-10-11-12-13-14-15-16-20-23-27-28(25,26)24-21-18-17-19-22-24;/h3*9-10,17-19,21-22H,2-8,11-16,20,23H2,1H3,(H,25,26);/q;;;+3/p-3/b3*10-9-;. The summed E-state index contributed by atoms with van der Waals surface area (Å²) in [5.41, 5.74) is 0. The van der Waals surface area contributed by atoms with Crippen molar-refractivity contribution in [3.8, 4) is 0 Å². The molecule has 0 spiro atoms. The summed E-state index contributed by atoms with van der Waals surface area (Å²) in [6.45, 7) is 7.65. The van der Waals surface area contributed by atoms with Gasteiger partial charge >= 0.3 is 40.8 Å². The first-order valence-electron chi connectivity index (χ1n) is 34.0. The van der Waals surface area contributed by atoms with Gasteiger partial charge < -0.3 is 41.9 Å². The molecule has 0 heterocycles. The molecule has 0 bridgehead atoms. The van der Waals surface area contributed by atoms with Crippen molar-refractivity contribution in [2.45, 2.75) is 290 Å². The number of hydrogen-bond acceptors (Lipinski definition) is 9. The molecule has 0 N–H and O–H groups in total. The third-order valence-corrected chi connectivity index (χ3v) is 19.3. The van der Waals surface area contributed by atoms with Crippen molar-refractivity contribution >= 4 is 38.7 Å². The van der Waals surface area contributed by atoms with E-state index in [-0.39, 0.29) is 76.6 Å². The summed E-state index contributed by atoms with van der Waals surface area (Å²) in [5.74, 6) is 0. The molecule has 0 saturated carbocycles. The number of allylic oxidation sites excluding steroid dienone is 6. The van der Waals surface area contributed by atoms with E-state index in [9.17, 15) is 28.4 Å². The fourth-order valence-electron chi connectivity index (χ4n) is 9.66. The second kappa shape index (κ2) is 61.5. The van der Waals surface area contributed by atoms with Crippen molar-refractivity contribution < 1.29 is 82.8 Å². The van der Waals surface area contributed by atoms with Gasteiger partial charge in [-0.3, -0.25) is 0 Å². The Hall–Kier alpha value is -1.32. The van der Waals surface area contributed by atoms with Gasteiger partial charge in [-0.25, -0.2) is 0 Å². The van der Waals surface area contributed by atoms with E-state index in [1.807, 2.05) is 0 Å². The molecule has 481 valence electrons. The average molecular weight is 1370 g/mol. The van der Waals surface area contributed by atoms with Crippen molar-refractivity contribution in [2.24, 2.45) is 0 Å². The second-order valence-electron chi connectivity index (χ2n) is 22.8. The van der Waals surface area contributed by atoms with E-state index < -0.39 is 22.8 Å². The van der Waals surface area contributed by atoms with Crippen LogP contribution in [-0.2, 0) is 27.3 Å². The van der Waals surface area contributed by atoms with Crippen LogP contribution in [0.5, 0.6) is 0 Å². The fourth-order valence-corrected chi connectivity index (χ4v) is 12.8. The minimum atomic E-state index is -3.89. The van der Waals surface area contributed by atoms with Gasteiger partial charge in [0, 0.05) is 15.9 Å². The monoisotopic (exact) mass is 1360 g/mol. The van der Waals surface area contributed by atoms with Crippen LogP contribution in [0, 0.1) is 40.8 Å². The summed E-state index contributed by atoms with van der Waals surface area (Å²) >= 11 is 0. The predicted octanol–water partition coefficient (Wildman–Crippen LogP) is 20.8. The SMILES string of the molecule is CCCCCCCC/C=C\CCCCCCCCOP(=O)([O-])c1ccccc1.CCCCCCCC/C=C\CCCCCCCCOP(=O)([O-])c1ccccc1.CCCCCCCC/C=C\CCCCCCCCOP(=O)([O-])c1ccccc1.[Nd+3]. The summed E-state index contributed by atoms with van der Waals surface area (Å²) in [7, 11) is -11.7. The van der Waals surface area contributed by atoms with Crippen molar-refractivity contribution in [1.29, 1.82) is 0 Å². The zero-order chi connectivity index (χ0) is 61.0. The van der Waals surface area contributed by atoms with Crippen LogP contribution < -0.4 is 30.6 Å². The Balaban J connectivity index is 0.00000124. The molecular weight excluding hydrogens is 1250 g/mol. The van der Waals surface area contributed by atoms with Gasteiger partial charge in [0.1, 0.15) is 0 Å². The predicted molar refractivity (Wildman–Crippen MR) is 357 cm³/mol. The molecule has 0 aliphatic heterocycles. The molecule has 0 aliphatic carbocycles. The Morgan fingerprint density at radius 2 is 0.435 bits per heavy atom. The molecule has 0 fully saturated rings. The van der Waals surface area contributed by atoms with E-state index in [1.165, 1.54) is 212 Å². The Kier molecular flexibility index (Phi) is 60.6. The van der Waals surface area contributed by atoms with Gasteiger partial charge in [0.2, 0.25) is 0 Å². The molecule has 0 saturated heterocycles.